The average Bonchev–Trinajstić information content (AvgIpc) is 3.11. The molecule has 2 saturated heterocycles. The Hall–Kier alpha value is -2.72. The maximum absolute atomic E-state index is 13.2. The molecule has 2 fully saturated rings. The number of aromatic amines is 1. The number of carbonyl (C=O) groups is 4. The highest BCUT2D eigenvalue weighted by molar-refractivity contribution is 6.34. The third kappa shape index (κ3) is 4.86. The van der Waals surface area contributed by atoms with Crippen molar-refractivity contribution in [3.8, 4) is 0 Å². The number of aromatic nitrogens is 1. The molecule has 0 aromatic carbocycles. The van der Waals surface area contributed by atoms with Crippen LogP contribution in [0.1, 0.15) is 46.0 Å². The number of ether oxygens (including phenoxy) is 2. The van der Waals surface area contributed by atoms with Crippen molar-refractivity contribution < 1.29 is 28.7 Å². The Morgan fingerprint density at radius 3 is 2.09 bits per heavy atom. The number of morpholine rings is 1. The van der Waals surface area contributed by atoms with Crippen molar-refractivity contribution in [3.05, 3.63) is 22.5 Å². The van der Waals surface area contributed by atoms with Gasteiger partial charge in [0, 0.05) is 45.0 Å². The van der Waals surface area contributed by atoms with E-state index in [0.717, 1.165) is 0 Å². The largest absolute Gasteiger partial charge is 0.462 e. The Bertz CT molecular complexity index is 881. The molecule has 3 rings (SSSR count). The maximum Gasteiger partial charge on any atom is 0.340 e. The molecule has 0 aliphatic carbocycles. The van der Waals surface area contributed by atoms with Crippen LogP contribution < -0.4 is 0 Å². The summed E-state index contributed by atoms with van der Waals surface area (Å²) >= 11 is 0. The number of esters is 1. The summed E-state index contributed by atoms with van der Waals surface area (Å²) in [7, 11) is 0. The summed E-state index contributed by atoms with van der Waals surface area (Å²) in [5, 5.41) is 0. The normalized spacial score (nSPS) is 18.4. The molecule has 10 heteroatoms. The van der Waals surface area contributed by atoms with Crippen LogP contribution in [0.4, 0.5) is 0 Å². The summed E-state index contributed by atoms with van der Waals surface area (Å²) in [4.78, 5) is 58.5. The molecular weight excluding hydrogens is 416 g/mol. The lowest BCUT2D eigenvalue weighted by Crippen LogP contribution is -2.56. The standard InChI is InChI=1S/C22H32N4O6/c1-5-32-22(30)17-14(2)18(23-15(17)3)19(27)16(4)24-6-8-25(9-7-24)20(28)21(29)26-10-12-31-13-11-26/h16,23H,5-13H2,1-4H3/t16-/m0/s1. The molecule has 1 atom stereocenters. The van der Waals surface area contributed by atoms with E-state index >= 15 is 0 Å². The number of H-pyrrole nitrogens is 1. The molecule has 1 aromatic heterocycles. The number of Topliss-reactive ketones (excluding diaryl/α,β-unsaturated/α-hetero) is 1. The number of carbonyl (C=O) groups excluding carboxylic acids is 4. The van der Waals surface area contributed by atoms with Gasteiger partial charge in [-0.15, -0.1) is 0 Å². The second kappa shape index (κ2) is 10.3. The number of nitrogens with zero attached hydrogens (tertiary/aromatic N) is 3. The van der Waals surface area contributed by atoms with Crippen molar-refractivity contribution in [2.45, 2.75) is 33.7 Å². The fourth-order valence-corrected chi connectivity index (χ4v) is 4.23. The van der Waals surface area contributed by atoms with E-state index in [2.05, 4.69) is 4.98 Å². The molecule has 10 nitrogen and oxygen atoms in total. The van der Waals surface area contributed by atoms with Crippen LogP contribution in [-0.2, 0) is 19.1 Å². The predicted molar refractivity (Wildman–Crippen MR) is 116 cm³/mol. The first-order valence-electron chi connectivity index (χ1n) is 11.1. The second-order valence-corrected chi connectivity index (χ2v) is 8.12. The zero-order chi connectivity index (χ0) is 23.4. The third-order valence-corrected chi connectivity index (χ3v) is 6.17. The summed E-state index contributed by atoms with van der Waals surface area (Å²) in [6.07, 6.45) is 0. The first-order chi connectivity index (χ1) is 15.3. The Balaban J connectivity index is 1.60. The Kier molecular flexibility index (Phi) is 7.68. The van der Waals surface area contributed by atoms with Crippen molar-refractivity contribution in [2.24, 2.45) is 0 Å². The van der Waals surface area contributed by atoms with Gasteiger partial charge in [0.25, 0.3) is 0 Å². The third-order valence-electron chi connectivity index (χ3n) is 6.17. The van der Waals surface area contributed by atoms with Crippen LogP contribution in [0.15, 0.2) is 0 Å². The topological polar surface area (TPSA) is 112 Å². The number of hydrogen-bond donors (Lipinski definition) is 1. The lowest BCUT2D eigenvalue weighted by atomic mass is 10.0. The van der Waals surface area contributed by atoms with Gasteiger partial charge >= 0.3 is 17.8 Å². The van der Waals surface area contributed by atoms with Gasteiger partial charge in [0.05, 0.1) is 37.1 Å². The highest BCUT2D eigenvalue weighted by atomic mass is 16.5. The summed E-state index contributed by atoms with van der Waals surface area (Å²) in [5.41, 5.74) is 2.00. The van der Waals surface area contributed by atoms with E-state index in [-0.39, 0.29) is 12.4 Å². The van der Waals surface area contributed by atoms with Gasteiger partial charge in [-0.2, -0.15) is 0 Å². The van der Waals surface area contributed by atoms with Gasteiger partial charge in [-0.3, -0.25) is 19.3 Å². The van der Waals surface area contributed by atoms with Crippen molar-refractivity contribution in [1.29, 1.82) is 0 Å². The lowest BCUT2D eigenvalue weighted by molar-refractivity contribution is -0.155. The second-order valence-electron chi connectivity index (χ2n) is 8.12. The van der Waals surface area contributed by atoms with Crippen LogP contribution in [0.25, 0.3) is 0 Å². The zero-order valence-electron chi connectivity index (χ0n) is 19.2. The number of rotatable bonds is 5. The molecule has 3 heterocycles. The first kappa shape index (κ1) is 23.9. The average molecular weight is 449 g/mol. The predicted octanol–water partition coefficient (Wildman–Crippen LogP) is 0.382. The fourth-order valence-electron chi connectivity index (χ4n) is 4.23. The van der Waals surface area contributed by atoms with Crippen molar-refractivity contribution in [1.82, 2.24) is 19.7 Å². The van der Waals surface area contributed by atoms with E-state index in [4.69, 9.17) is 9.47 Å². The van der Waals surface area contributed by atoms with Gasteiger partial charge in [0.1, 0.15) is 0 Å². The molecule has 1 N–H and O–H groups in total. The van der Waals surface area contributed by atoms with Crippen LogP contribution in [0.5, 0.6) is 0 Å². The molecule has 0 radical (unpaired) electrons. The smallest absolute Gasteiger partial charge is 0.340 e. The fraction of sp³-hybridized carbons (Fsp3) is 0.636. The SMILES string of the molecule is CCOC(=O)c1c(C)[nH]c(C(=O)[C@H](C)N2CCN(C(=O)C(=O)N3CCOCC3)CC2)c1C. The van der Waals surface area contributed by atoms with Crippen LogP contribution >= 0.6 is 0 Å². The quantitative estimate of drug-likeness (QED) is 0.394. The molecule has 0 unspecified atom stereocenters. The van der Waals surface area contributed by atoms with Crippen molar-refractivity contribution >= 4 is 23.6 Å². The van der Waals surface area contributed by atoms with Crippen molar-refractivity contribution in [2.75, 3.05) is 59.1 Å². The van der Waals surface area contributed by atoms with Gasteiger partial charge < -0.3 is 24.3 Å². The summed E-state index contributed by atoms with van der Waals surface area (Å²) in [6, 6.07) is -0.436. The minimum Gasteiger partial charge on any atom is -0.462 e. The van der Waals surface area contributed by atoms with Gasteiger partial charge in [0.2, 0.25) is 0 Å². The van der Waals surface area contributed by atoms with Crippen LogP contribution in [-0.4, -0.2) is 108 Å². The zero-order valence-corrected chi connectivity index (χ0v) is 19.2. The van der Waals surface area contributed by atoms with E-state index in [0.29, 0.717) is 75.0 Å². The van der Waals surface area contributed by atoms with Gasteiger partial charge in [-0.1, -0.05) is 0 Å². The summed E-state index contributed by atoms with van der Waals surface area (Å²) in [5.74, 6) is -1.55. The van der Waals surface area contributed by atoms with E-state index in [1.165, 1.54) is 4.90 Å². The molecule has 0 saturated carbocycles. The number of hydrogen-bond acceptors (Lipinski definition) is 7. The monoisotopic (exact) mass is 448 g/mol. The van der Waals surface area contributed by atoms with E-state index < -0.39 is 23.8 Å². The molecule has 2 aliphatic heterocycles. The number of piperazine rings is 1. The van der Waals surface area contributed by atoms with E-state index in [1.54, 1.807) is 25.7 Å². The number of aryl methyl sites for hydroxylation is 1. The Morgan fingerprint density at radius 2 is 1.53 bits per heavy atom. The number of ketones is 1. The highest BCUT2D eigenvalue weighted by Crippen LogP contribution is 2.22. The maximum atomic E-state index is 13.2. The molecule has 0 bridgehead atoms. The molecule has 1 aromatic rings. The summed E-state index contributed by atoms with van der Waals surface area (Å²) < 4.78 is 10.3. The Morgan fingerprint density at radius 1 is 0.969 bits per heavy atom. The minimum atomic E-state index is -0.500. The highest BCUT2D eigenvalue weighted by Gasteiger charge is 2.34. The minimum absolute atomic E-state index is 0.120. The molecular formula is C22H32N4O6. The van der Waals surface area contributed by atoms with Gasteiger partial charge in [0.15, 0.2) is 5.78 Å². The molecule has 0 spiro atoms. The van der Waals surface area contributed by atoms with E-state index in [1.807, 2.05) is 11.8 Å². The van der Waals surface area contributed by atoms with Crippen molar-refractivity contribution in [3.63, 3.8) is 0 Å². The molecule has 176 valence electrons. The van der Waals surface area contributed by atoms with Crippen LogP contribution in [0, 0.1) is 13.8 Å². The van der Waals surface area contributed by atoms with E-state index in [9.17, 15) is 19.2 Å². The van der Waals surface area contributed by atoms with Crippen LogP contribution in [0.2, 0.25) is 0 Å². The Labute approximate surface area is 187 Å². The molecule has 2 aliphatic rings. The number of nitrogens with one attached hydrogen (secondary N) is 1. The van der Waals surface area contributed by atoms with Gasteiger partial charge in [-0.25, -0.2) is 4.79 Å². The first-order valence-corrected chi connectivity index (χ1v) is 11.1. The molecule has 32 heavy (non-hydrogen) atoms. The number of amides is 2. The molecule has 2 amide bonds. The lowest BCUT2D eigenvalue weighted by Gasteiger charge is -2.38. The van der Waals surface area contributed by atoms with Gasteiger partial charge in [-0.05, 0) is 33.3 Å². The van der Waals surface area contributed by atoms with Crippen LogP contribution in [0.3, 0.4) is 0 Å². The summed E-state index contributed by atoms with van der Waals surface area (Å²) in [6.45, 7) is 10.8.